The van der Waals surface area contributed by atoms with E-state index in [2.05, 4.69) is 39.3 Å². The number of nitrogens with one attached hydrogen (secondary N) is 1. The predicted octanol–water partition coefficient (Wildman–Crippen LogP) is 5.79. The van der Waals surface area contributed by atoms with Gasteiger partial charge in [-0.1, -0.05) is 23.7 Å². The maximum Gasteiger partial charge on any atom is 0.140 e. The monoisotopic (exact) mass is 488 g/mol. The quantitative estimate of drug-likeness (QED) is 0.460. The summed E-state index contributed by atoms with van der Waals surface area (Å²) in [7, 11) is 0. The van der Waals surface area contributed by atoms with E-state index >= 15 is 0 Å². The zero-order chi connectivity index (χ0) is 24.6. The lowest BCUT2D eigenvalue weighted by Crippen LogP contribution is -2.37. The van der Waals surface area contributed by atoms with Gasteiger partial charge < -0.3 is 15.0 Å². The first-order valence-electron chi connectivity index (χ1n) is 12.6. The second-order valence-electron chi connectivity index (χ2n) is 10.7. The molecule has 2 aliphatic rings. The average Bonchev–Trinajstić information content (AvgIpc) is 3.48. The predicted molar refractivity (Wildman–Crippen MR) is 139 cm³/mol. The number of hydrogen-bond donors (Lipinski definition) is 2. The molecule has 0 aliphatic heterocycles. The van der Waals surface area contributed by atoms with Crippen LogP contribution in [0.2, 0.25) is 5.02 Å². The van der Waals surface area contributed by atoms with Crippen LogP contribution in [-0.2, 0) is 18.4 Å². The normalized spacial score (nSPS) is 22.1. The van der Waals surface area contributed by atoms with E-state index in [4.69, 9.17) is 16.9 Å². The van der Waals surface area contributed by atoms with Crippen molar-refractivity contribution in [2.45, 2.75) is 70.1 Å². The Balaban J connectivity index is 1.20. The van der Waals surface area contributed by atoms with Crippen molar-refractivity contribution in [3.8, 4) is 17.5 Å². The lowest BCUT2D eigenvalue weighted by molar-refractivity contribution is 0.0791. The van der Waals surface area contributed by atoms with Gasteiger partial charge in [0.15, 0.2) is 0 Å². The summed E-state index contributed by atoms with van der Waals surface area (Å²) in [5, 5.41) is 24.4. The van der Waals surface area contributed by atoms with Crippen molar-refractivity contribution >= 4 is 11.6 Å². The van der Waals surface area contributed by atoms with Gasteiger partial charge in [0.25, 0.3) is 0 Å². The molecule has 0 bridgehead atoms. The maximum atomic E-state index is 10.7. The molecule has 2 aliphatic carbocycles. The number of rotatable bonds is 6. The van der Waals surface area contributed by atoms with Gasteiger partial charge in [-0.15, -0.1) is 0 Å². The number of hydrogen-bond acceptors (Lipinski definition) is 4. The average molecular weight is 489 g/mol. The number of fused-ring (bicyclic) bond motifs is 1. The highest BCUT2D eigenvalue weighted by Crippen LogP contribution is 2.37. The Morgan fingerprint density at radius 1 is 1.11 bits per heavy atom. The van der Waals surface area contributed by atoms with Crippen molar-refractivity contribution in [3.05, 3.63) is 76.1 Å². The molecule has 1 heterocycles. The molecule has 0 amide bonds. The fourth-order valence-electron chi connectivity index (χ4n) is 5.87. The van der Waals surface area contributed by atoms with Gasteiger partial charge in [-0.2, -0.15) is 5.26 Å². The van der Waals surface area contributed by atoms with Crippen LogP contribution < -0.4 is 5.32 Å². The summed E-state index contributed by atoms with van der Waals surface area (Å²) in [6.45, 7) is 4.63. The summed E-state index contributed by atoms with van der Waals surface area (Å²) in [4.78, 5) is 4.67. The minimum absolute atomic E-state index is 0.388. The number of halogens is 1. The van der Waals surface area contributed by atoms with Crippen LogP contribution in [0, 0.1) is 17.2 Å². The van der Waals surface area contributed by atoms with Gasteiger partial charge >= 0.3 is 0 Å². The number of benzene rings is 2. The van der Waals surface area contributed by atoms with Crippen molar-refractivity contribution in [1.29, 1.82) is 5.26 Å². The van der Waals surface area contributed by atoms with Crippen LogP contribution in [0.5, 0.6) is 0 Å². The molecule has 0 unspecified atom stereocenters. The summed E-state index contributed by atoms with van der Waals surface area (Å²) in [6.07, 6.45) is 10.5. The number of nitrogens with zero attached hydrogens (tertiary/aromatic N) is 3. The molecule has 1 aromatic heterocycles. The van der Waals surface area contributed by atoms with E-state index < -0.39 is 5.60 Å². The topological polar surface area (TPSA) is 73.9 Å². The highest BCUT2D eigenvalue weighted by molar-refractivity contribution is 6.30. The van der Waals surface area contributed by atoms with Crippen LogP contribution in [-0.4, -0.2) is 27.2 Å². The van der Waals surface area contributed by atoms with E-state index in [0.29, 0.717) is 23.0 Å². The summed E-state index contributed by atoms with van der Waals surface area (Å²) in [6, 6.07) is 15.0. The van der Waals surface area contributed by atoms with E-state index in [9.17, 15) is 5.11 Å². The number of nitriles is 1. The molecule has 1 fully saturated rings. The Kier molecular flexibility index (Phi) is 6.72. The van der Waals surface area contributed by atoms with Gasteiger partial charge in [0.05, 0.1) is 17.2 Å². The Morgan fingerprint density at radius 2 is 1.89 bits per heavy atom. The molecule has 0 spiro atoms. The van der Waals surface area contributed by atoms with Gasteiger partial charge in [0, 0.05) is 35.1 Å². The summed E-state index contributed by atoms with van der Waals surface area (Å²) >= 11 is 6.33. The Bertz CT molecular complexity index is 1240. The minimum Gasteiger partial charge on any atom is -0.386 e. The molecular formula is C29H33ClN4O. The second kappa shape index (κ2) is 9.78. The van der Waals surface area contributed by atoms with E-state index in [0.717, 1.165) is 67.6 Å². The maximum absolute atomic E-state index is 10.7. The number of imidazole rings is 1. The summed E-state index contributed by atoms with van der Waals surface area (Å²) in [5.41, 5.74) is 4.27. The van der Waals surface area contributed by atoms with Crippen molar-refractivity contribution in [1.82, 2.24) is 14.9 Å². The lowest BCUT2D eigenvalue weighted by atomic mass is 9.89. The van der Waals surface area contributed by atoms with Crippen LogP contribution in [0.4, 0.5) is 0 Å². The first-order valence-corrected chi connectivity index (χ1v) is 13.0. The van der Waals surface area contributed by atoms with E-state index in [1.165, 1.54) is 11.1 Å². The molecule has 182 valence electrons. The summed E-state index contributed by atoms with van der Waals surface area (Å²) in [5.74, 6) is 1.49. The first-order chi connectivity index (χ1) is 16.8. The zero-order valence-corrected chi connectivity index (χ0v) is 21.2. The second-order valence-corrected chi connectivity index (χ2v) is 11.1. The molecule has 35 heavy (non-hydrogen) atoms. The van der Waals surface area contributed by atoms with Crippen LogP contribution in [0.3, 0.4) is 0 Å². The molecular weight excluding hydrogens is 456 g/mol. The highest BCUT2D eigenvalue weighted by atomic mass is 35.5. The molecule has 0 radical (unpaired) electrons. The third-order valence-electron chi connectivity index (χ3n) is 7.69. The van der Waals surface area contributed by atoms with Crippen molar-refractivity contribution in [3.63, 3.8) is 0 Å². The van der Waals surface area contributed by atoms with E-state index in [1.54, 1.807) is 13.8 Å². The van der Waals surface area contributed by atoms with Gasteiger partial charge in [-0.05, 0) is 106 Å². The van der Waals surface area contributed by atoms with Gasteiger partial charge in [0.1, 0.15) is 5.82 Å². The number of aromatic nitrogens is 2. The molecule has 6 heteroatoms. The lowest BCUT2D eigenvalue weighted by Gasteiger charge is -2.32. The third-order valence-corrected chi connectivity index (χ3v) is 7.92. The first kappa shape index (κ1) is 24.1. The highest BCUT2D eigenvalue weighted by Gasteiger charge is 2.28. The number of aliphatic hydroxyl groups is 1. The Morgan fingerprint density at radius 3 is 2.63 bits per heavy atom. The van der Waals surface area contributed by atoms with Crippen LogP contribution in [0.25, 0.3) is 11.4 Å². The fraction of sp³-hybridized carbons (Fsp3) is 0.448. The van der Waals surface area contributed by atoms with Gasteiger partial charge in [0.2, 0.25) is 0 Å². The smallest absolute Gasteiger partial charge is 0.140 e. The minimum atomic E-state index is -0.978. The molecule has 0 saturated heterocycles. The molecule has 1 saturated carbocycles. The van der Waals surface area contributed by atoms with Crippen molar-refractivity contribution in [2.24, 2.45) is 5.92 Å². The molecule has 5 rings (SSSR count). The summed E-state index contributed by atoms with van der Waals surface area (Å²) < 4.78 is 2.28. The van der Waals surface area contributed by atoms with Crippen molar-refractivity contribution < 1.29 is 5.11 Å². The SMILES string of the molecule is CC(C)(O)c1ccc(Cl)cc1-c1nccn1C1CCC(NC[C@H]2Cc3ccc(C#N)cc3C2)CC1. The Hall–Kier alpha value is -2.65. The largest absolute Gasteiger partial charge is 0.386 e. The molecule has 2 N–H and O–H groups in total. The molecule has 2 aromatic carbocycles. The standard InChI is InChI=1S/C29H33ClN4O/c1-29(2,35)27-10-5-23(30)16-26(27)28-32-11-12-34(28)25-8-6-24(7-9-25)33-18-20-14-21-4-3-19(17-31)13-22(21)15-20/h3-5,10-13,16,20,24-25,33,35H,6-9,14-15,18H2,1-2H3/t20-,24?,25?/m0/s1. The fourth-order valence-corrected chi connectivity index (χ4v) is 6.04. The van der Waals surface area contributed by atoms with E-state index in [-0.39, 0.29) is 0 Å². The zero-order valence-electron chi connectivity index (χ0n) is 20.5. The van der Waals surface area contributed by atoms with Gasteiger partial charge in [-0.3, -0.25) is 0 Å². The molecule has 3 aromatic rings. The van der Waals surface area contributed by atoms with Crippen LogP contribution >= 0.6 is 11.6 Å². The van der Waals surface area contributed by atoms with Crippen molar-refractivity contribution in [2.75, 3.05) is 6.54 Å². The molecule has 1 atom stereocenters. The van der Waals surface area contributed by atoms with E-state index in [1.807, 2.05) is 30.5 Å². The Labute approximate surface area is 212 Å². The van der Waals surface area contributed by atoms with Crippen LogP contribution in [0.1, 0.15) is 67.8 Å². The van der Waals surface area contributed by atoms with Gasteiger partial charge in [-0.25, -0.2) is 4.98 Å². The molecule has 5 nitrogen and oxygen atoms in total. The van der Waals surface area contributed by atoms with Crippen LogP contribution in [0.15, 0.2) is 48.8 Å². The third kappa shape index (κ3) is 5.16.